The molecule has 4 rings (SSSR count). The van der Waals surface area contributed by atoms with E-state index < -0.39 is 0 Å². The molecule has 0 radical (unpaired) electrons. The SMILES string of the molecule is Cc1ccc(CN2C[C@H](C(=O)NCCCN3CCN(c4ncccn4)CC3)CC2=O)cc1. The van der Waals surface area contributed by atoms with Gasteiger partial charge in [-0.05, 0) is 31.5 Å². The number of piperazine rings is 1. The third-order valence-corrected chi connectivity index (χ3v) is 6.24. The molecule has 2 aliphatic rings. The van der Waals surface area contributed by atoms with Crippen LogP contribution in [0.5, 0.6) is 0 Å². The molecule has 8 heteroatoms. The van der Waals surface area contributed by atoms with Gasteiger partial charge in [-0.15, -0.1) is 0 Å². The minimum Gasteiger partial charge on any atom is -0.356 e. The Morgan fingerprint density at radius 1 is 1.09 bits per heavy atom. The van der Waals surface area contributed by atoms with Crippen molar-refractivity contribution < 1.29 is 9.59 Å². The standard InChI is InChI=1S/C24H32N6O2/c1-19-4-6-20(7-5-19)17-30-18-21(16-22(30)31)23(32)25-10-3-11-28-12-14-29(15-13-28)24-26-8-2-9-27-24/h2,4-9,21H,3,10-18H2,1H3,(H,25,32)/t21-/m1/s1. The third-order valence-electron chi connectivity index (χ3n) is 6.24. The van der Waals surface area contributed by atoms with Crippen molar-refractivity contribution >= 4 is 17.8 Å². The molecule has 1 atom stereocenters. The second-order valence-electron chi connectivity index (χ2n) is 8.68. The third kappa shape index (κ3) is 5.82. The Morgan fingerprint density at radius 3 is 2.53 bits per heavy atom. The van der Waals surface area contributed by atoms with Crippen LogP contribution in [-0.2, 0) is 16.1 Å². The van der Waals surface area contributed by atoms with Crippen LogP contribution < -0.4 is 10.2 Å². The average Bonchev–Trinajstić information content (AvgIpc) is 3.19. The van der Waals surface area contributed by atoms with Gasteiger partial charge in [0.05, 0.1) is 5.92 Å². The molecule has 2 saturated heterocycles. The first-order chi connectivity index (χ1) is 15.6. The largest absolute Gasteiger partial charge is 0.356 e. The predicted octanol–water partition coefficient (Wildman–Crippen LogP) is 1.46. The Kier molecular flexibility index (Phi) is 7.32. The second kappa shape index (κ2) is 10.5. The first-order valence-electron chi connectivity index (χ1n) is 11.4. The minimum absolute atomic E-state index is 0.00389. The number of nitrogens with zero attached hydrogens (tertiary/aromatic N) is 5. The van der Waals surface area contributed by atoms with Crippen molar-refractivity contribution in [2.24, 2.45) is 5.92 Å². The Hall–Kier alpha value is -3.00. The van der Waals surface area contributed by atoms with Crippen molar-refractivity contribution in [3.63, 3.8) is 0 Å². The molecular weight excluding hydrogens is 404 g/mol. The van der Waals surface area contributed by atoms with E-state index in [0.717, 1.165) is 50.7 Å². The fourth-order valence-corrected chi connectivity index (χ4v) is 4.30. The van der Waals surface area contributed by atoms with Gasteiger partial charge in [0, 0.05) is 64.6 Å². The van der Waals surface area contributed by atoms with Gasteiger partial charge in [0.25, 0.3) is 0 Å². The van der Waals surface area contributed by atoms with Crippen LogP contribution in [-0.4, -0.2) is 77.4 Å². The molecular formula is C24H32N6O2. The van der Waals surface area contributed by atoms with Crippen molar-refractivity contribution in [2.45, 2.75) is 26.3 Å². The number of benzene rings is 1. The highest BCUT2D eigenvalue weighted by atomic mass is 16.2. The number of carbonyl (C=O) groups is 2. The van der Waals surface area contributed by atoms with Crippen molar-refractivity contribution in [1.82, 2.24) is 25.1 Å². The fraction of sp³-hybridized carbons (Fsp3) is 0.500. The zero-order chi connectivity index (χ0) is 22.3. The number of aryl methyl sites for hydroxylation is 1. The first kappa shape index (κ1) is 22.2. The number of aromatic nitrogens is 2. The zero-order valence-corrected chi connectivity index (χ0v) is 18.7. The molecule has 3 heterocycles. The Labute approximate surface area is 189 Å². The predicted molar refractivity (Wildman–Crippen MR) is 123 cm³/mol. The van der Waals surface area contributed by atoms with Crippen LogP contribution in [0.1, 0.15) is 24.0 Å². The molecule has 0 spiro atoms. The Balaban J connectivity index is 1.13. The van der Waals surface area contributed by atoms with Gasteiger partial charge < -0.3 is 15.1 Å². The summed E-state index contributed by atoms with van der Waals surface area (Å²) in [6.45, 7) is 8.48. The summed E-state index contributed by atoms with van der Waals surface area (Å²) in [4.78, 5) is 40.0. The van der Waals surface area contributed by atoms with Crippen LogP contribution in [0.4, 0.5) is 5.95 Å². The number of rotatable bonds is 8. The maximum Gasteiger partial charge on any atom is 0.225 e. The molecule has 32 heavy (non-hydrogen) atoms. The summed E-state index contributed by atoms with van der Waals surface area (Å²) in [6.07, 6.45) is 4.76. The zero-order valence-electron chi connectivity index (χ0n) is 18.7. The smallest absolute Gasteiger partial charge is 0.225 e. The summed E-state index contributed by atoms with van der Waals surface area (Å²) < 4.78 is 0. The van der Waals surface area contributed by atoms with Gasteiger partial charge in [-0.2, -0.15) is 0 Å². The summed E-state index contributed by atoms with van der Waals surface area (Å²) >= 11 is 0. The van der Waals surface area contributed by atoms with Crippen molar-refractivity contribution in [1.29, 1.82) is 0 Å². The maximum absolute atomic E-state index is 12.6. The molecule has 1 aromatic carbocycles. The number of anilines is 1. The van der Waals surface area contributed by atoms with E-state index >= 15 is 0 Å². The number of hydrogen-bond donors (Lipinski definition) is 1. The molecule has 2 amide bonds. The number of carbonyl (C=O) groups excluding carboxylic acids is 2. The molecule has 8 nitrogen and oxygen atoms in total. The molecule has 0 aliphatic carbocycles. The van der Waals surface area contributed by atoms with E-state index in [4.69, 9.17) is 0 Å². The van der Waals surface area contributed by atoms with Crippen molar-refractivity contribution in [3.05, 3.63) is 53.9 Å². The number of hydrogen-bond acceptors (Lipinski definition) is 6. The van der Waals surface area contributed by atoms with Crippen LogP contribution >= 0.6 is 0 Å². The van der Waals surface area contributed by atoms with E-state index in [0.29, 0.717) is 26.1 Å². The normalized spacial score (nSPS) is 19.4. The lowest BCUT2D eigenvalue weighted by Gasteiger charge is -2.34. The molecule has 1 aromatic heterocycles. The lowest BCUT2D eigenvalue weighted by atomic mass is 10.1. The molecule has 2 fully saturated rings. The molecule has 0 unspecified atom stereocenters. The topological polar surface area (TPSA) is 81.7 Å². The number of amides is 2. The van der Waals surface area contributed by atoms with Crippen molar-refractivity contribution in [2.75, 3.05) is 50.7 Å². The van der Waals surface area contributed by atoms with Crippen LogP contribution in [0.25, 0.3) is 0 Å². The second-order valence-corrected chi connectivity index (χ2v) is 8.68. The number of nitrogens with one attached hydrogen (secondary N) is 1. The van der Waals surface area contributed by atoms with Gasteiger partial charge in [0.15, 0.2) is 0 Å². The van der Waals surface area contributed by atoms with Crippen LogP contribution in [0.2, 0.25) is 0 Å². The van der Waals surface area contributed by atoms with Crippen LogP contribution in [0, 0.1) is 12.8 Å². The van der Waals surface area contributed by atoms with E-state index in [1.165, 1.54) is 5.56 Å². The molecule has 2 aromatic rings. The van der Waals surface area contributed by atoms with E-state index in [-0.39, 0.29) is 17.7 Å². The molecule has 2 aliphatic heterocycles. The quantitative estimate of drug-likeness (QED) is 0.631. The molecule has 0 bridgehead atoms. The highest BCUT2D eigenvalue weighted by Gasteiger charge is 2.34. The van der Waals surface area contributed by atoms with Crippen LogP contribution in [0.3, 0.4) is 0 Å². The minimum atomic E-state index is -0.248. The van der Waals surface area contributed by atoms with E-state index in [1.54, 1.807) is 17.3 Å². The highest BCUT2D eigenvalue weighted by Crippen LogP contribution is 2.20. The van der Waals surface area contributed by atoms with Crippen molar-refractivity contribution in [3.8, 4) is 0 Å². The first-order valence-corrected chi connectivity index (χ1v) is 11.4. The molecule has 170 valence electrons. The van der Waals surface area contributed by atoms with Gasteiger partial charge in [-0.1, -0.05) is 29.8 Å². The van der Waals surface area contributed by atoms with E-state index in [9.17, 15) is 9.59 Å². The highest BCUT2D eigenvalue weighted by molar-refractivity contribution is 5.89. The Morgan fingerprint density at radius 2 is 1.81 bits per heavy atom. The molecule has 0 saturated carbocycles. The monoisotopic (exact) mass is 436 g/mol. The van der Waals surface area contributed by atoms with E-state index in [1.807, 2.05) is 25.1 Å². The maximum atomic E-state index is 12.6. The van der Waals surface area contributed by atoms with E-state index in [2.05, 4.69) is 37.2 Å². The average molecular weight is 437 g/mol. The lowest BCUT2D eigenvalue weighted by molar-refractivity contribution is -0.129. The summed E-state index contributed by atoms with van der Waals surface area (Å²) in [5.41, 5.74) is 2.30. The Bertz CT molecular complexity index is 896. The van der Waals surface area contributed by atoms with Gasteiger partial charge in [0.1, 0.15) is 0 Å². The van der Waals surface area contributed by atoms with Crippen LogP contribution in [0.15, 0.2) is 42.7 Å². The van der Waals surface area contributed by atoms with Gasteiger partial charge >= 0.3 is 0 Å². The van der Waals surface area contributed by atoms with Gasteiger partial charge in [0.2, 0.25) is 17.8 Å². The summed E-state index contributed by atoms with van der Waals surface area (Å²) in [7, 11) is 0. The number of likely N-dealkylation sites (tertiary alicyclic amines) is 1. The summed E-state index contributed by atoms with van der Waals surface area (Å²) in [6, 6.07) is 10.0. The molecule has 1 N–H and O–H groups in total. The summed E-state index contributed by atoms with van der Waals surface area (Å²) in [5, 5.41) is 3.04. The fourth-order valence-electron chi connectivity index (χ4n) is 4.30. The lowest BCUT2D eigenvalue weighted by Crippen LogP contribution is -2.47. The van der Waals surface area contributed by atoms with Gasteiger partial charge in [-0.25, -0.2) is 9.97 Å². The summed E-state index contributed by atoms with van der Waals surface area (Å²) in [5.74, 6) is 0.603. The van der Waals surface area contributed by atoms with Gasteiger partial charge in [-0.3, -0.25) is 14.5 Å².